The molecule has 1 unspecified atom stereocenters. The molecule has 0 bridgehead atoms. The Morgan fingerprint density at radius 1 is 0.815 bits per heavy atom. The van der Waals surface area contributed by atoms with Gasteiger partial charge in [0.15, 0.2) is 0 Å². The van der Waals surface area contributed by atoms with E-state index >= 15 is 0 Å². The normalized spacial score (nSPS) is 20.7. The molecule has 0 amide bonds. The highest BCUT2D eigenvalue weighted by atomic mass is 16.4. The molecule has 0 spiro atoms. The monoisotopic (exact) mass is 390 g/mol. The molecule has 0 aliphatic carbocycles. The van der Waals surface area contributed by atoms with E-state index in [0.717, 1.165) is 12.0 Å². The molecule has 0 aromatic heterocycles. The first-order chi connectivity index (χ1) is 12.6. The standard InChI is InChI=1S/C13H26N2.2C2H2O4/c1-12-6-9-15(10-7-12)11-13-5-3-2-4-8-14-13;2*3-1(4)2(5)6/h12-14H,2-11H2,1H3;2*(H,3,4)(H,5,6). The van der Waals surface area contributed by atoms with E-state index < -0.39 is 23.9 Å². The summed E-state index contributed by atoms with van der Waals surface area (Å²) in [6.07, 6.45) is 8.46. The molecule has 2 saturated heterocycles. The van der Waals surface area contributed by atoms with Gasteiger partial charge in [-0.2, -0.15) is 0 Å². The van der Waals surface area contributed by atoms with E-state index in [1.165, 1.54) is 64.7 Å². The molecule has 2 rings (SSSR count). The summed E-state index contributed by atoms with van der Waals surface area (Å²) in [5.41, 5.74) is 0. The molecular formula is C17H30N2O8. The lowest BCUT2D eigenvalue weighted by Gasteiger charge is -2.33. The van der Waals surface area contributed by atoms with E-state index in [9.17, 15) is 0 Å². The Morgan fingerprint density at radius 3 is 1.74 bits per heavy atom. The molecule has 1 atom stereocenters. The zero-order chi connectivity index (χ0) is 20.8. The van der Waals surface area contributed by atoms with Gasteiger partial charge >= 0.3 is 23.9 Å². The molecule has 2 aliphatic heterocycles. The first kappa shape index (κ1) is 24.8. The van der Waals surface area contributed by atoms with Crippen molar-refractivity contribution in [1.29, 1.82) is 0 Å². The number of carbonyl (C=O) groups is 4. The highest BCUT2D eigenvalue weighted by molar-refractivity contribution is 6.27. The van der Waals surface area contributed by atoms with Crippen molar-refractivity contribution < 1.29 is 39.6 Å². The van der Waals surface area contributed by atoms with Crippen LogP contribution in [0.15, 0.2) is 0 Å². The van der Waals surface area contributed by atoms with Gasteiger partial charge in [-0.1, -0.05) is 19.8 Å². The minimum absolute atomic E-state index is 0.779. The number of carboxylic acid groups (broad SMARTS) is 4. The lowest BCUT2D eigenvalue weighted by atomic mass is 9.98. The third kappa shape index (κ3) is 13.6. The molecular weight excluding hydrogens is 360 g/mol. The first-order valence-electron chi connectivity index (χ1n) is 9.01. The van der Waals surface area contributed by atoms with Gasteiger partial charge in [0.25, 0.3) is 0 Å². The number of hydrogen-bond acceptors (Lipinski definition) is 6. The SMILES string of the molecule is CC1CCN(CC2CCCCCN2)CC1.O=C(O)C(=O)O.O=C(O)C(=O)O. The van der Waals surface area contributed by atoms with Crippen LogP contribution in [0.1, 0.15) is 45.4 Å². The number of nitrogens with zero attached hydrogens (tertiary/aromatic N) is 1. The summed E-state index contributed by atoms with van der Waals surface area (Å²) < 4.78 is 0. The fraction of sp³-hybridized carbons (Fsp3) is 0.765. The molecule has 27 heavy (non-hydrogen) atoms. The van der Waals surface area contributed by atoms with Gasteiger partial charge in [-0.3, -0.25) is 0 Å². The van der Waals surface area contributed by atoms with E-state index in [2.05, 4.69) is 17.1 Å². The van der Waals surface area contributed by atoms with Gasteiger partial charge in [-0.05, 0) is 51.2 Å². The van der Waals surface area contributed by atoms with E-state index in [4.69, 9.17) is 39.6 Å². The fourth-order valence-corrected chi connectivity index (χ4v) is 2.81. The van der Waals surface area contributed by atoms with Crippen LogP contribution < -0.4 is 5.32 Å². The van der Waals surface area contributed by atoms with Gasteiger partial charge in [-0.15, -0.1) is 0 Å². The second kappa shape index (κ2) is 13.9. The molecule has 0 aromatic carbocycles. The Bertz CT molecular complexity index is 433. The van der Waals surface area contributed by atoms with Crippen LogP contribution in [0.2, 0.25) is 0 Å². The van der Waals surface area contributed by atoms with Crippen LogP contribution in [0.25, 0.3) is 0 Å². The summed E-state index contributed by atoms with van der Waals surface area (Å²) in [5, 5.41) is 33.3. The van der Waals surface area contributed by atoms with Crippen molar-refractivity contribution in [3.05, 3.63) is 0 Å². The Balaban J connectivity index is 0.000000470. The molecule has 10 nitrogen and oxygen atoms in total. The third-order valence-corrected chi connectivity index (χ3v) is 4.38. The number of piperidine rings is 1. The third-order valence-electron chi connectivity index (χ3n) is 4.38. The maximum atomic E-state index is 9.10. The highest BCUT2D eigenvalue weighted by Crippen LogP contribution is 2.17. The van der Waals surface area contributed by atoms with Gasteiger partial charge < -0.3 is 30.6 Å². The van der Waals surface area contributed by atoms with Crippen molar-refractivity contribution in [1.82, 2.24) is 10.2 Å². The Labute approximate surface area is 158 Å². The van der Waals surface area contributed by atoms with Crippen molar-refractivity contribution >= 4 is 23.9 Å². The van der Waals surface area contributed by atoms with Crippen LogP contribution in [0, 0.1) is 5.92 Å². The average Bonchev–Trinajstić information content (AvgIpc) is 2.86. The van der Waals surface area contributed by atoms with Crippen LogP contribution >= 0.6 is 0 Å². The Kier molecular flexibility index (Phi) is 12.8. The predicted molar refractivity (Wildman–Crippen MR) is 95.6 cm³/mol. The number of likely N-dealkylation sites (tertiary alicyclic amines) is 1. The fourth-order valence-electron chi connectivity index (χ4n) is 2.81. The zero-order valence-electron chi connectivity index (χ0n) is 15.6. The van der Waals surface area contributed by atoms with Crippen molar-refractivity contribution in [3.63, 3.8) is 0 Å². The highest BCUT2D eigenvalue weighted by Gasteiger charge is 2.19. The molecule has 2 aliphatic rings. The molecule has 0 aromatic rings. The largest absolute Gasteiger partial charge is 0.473 e. The topological polar surface area (TPSA) is 164 Å². The van der Waals surface area contributed by atoms with Crippen molar-refractivity contribution in [3.8, 4) is 0 Å². The lowest BCUT2D eigenvalue weighted by molar-refractivity contribution is -0.159. The van der Waals surface area contributed by atoms with Crippen LogP contribution in [0.5, 0.6) is 0 Å². The van der Waals surface area contributed by atoms with E-state index in [-0.39, 0.29) is 0 Å². The van der Waals surface area contributed by atoms with E-state index in [1.807, 2.05) is 0 Å². The minimum Gasteiger partial charge on any atom is -0.473 e. The summed E-state index contributed by atoms with van der Waals surface area (Å²) in [6, 6.07) is 0.779. The molecule has 156 valence electrons. The maximum Gasteiger partial charge on any atom is 0.414 e. The van der Waals surface area contributed by atoms with E-state index in [1.54, 1.807) is 0 Å². The Morgan fingerprint density at radius 2 is 1.30 bits per heavy atom. The van der Waals surface area contributed by atoms with Gasteiger partial charge in [0.2, 0.25) is 0 Å². The van der Waals surface area contributed by atoms with Crippen LogP contribution in [0.4, 0.5) is 0 Å². The maximum absolute atomic E-state index is 9.10. The minimum atomic E-state index is -1.82. The Hall–Kier alpha value is -2.20. The molecule has 10 heteroatoms. The zero-order valence-corrected chi connectivity index (χ0v) is 15.6. The number of rotatable bonds is 2. The van der Waals surface area contributed by atoms with E-state index in [0.29, 0.717) is 0 Å². The van der Waals surface area contributed by atoms with Crippen LogP contribution in [-0.2, 0) is 19.2 Å². The number of hydrogen-bond donors (Lipinski definition) is 5. The van der Waals surface area contributed by atoms with Crippen LogP contribution in [0.3, 0.4) is 0 Å². The summed E-state index contributed by atoms with van der Waals surface area (Å²) in [5.74, 6) is -6.33. The number of aliphatic carboxylic acids is 4. The first-order valence-corrected chi connectivity index (χ1v) is 9.01. The quantitative estimate of drug-likeness (QED) is 0.421. The molecule has 0 saturated carbocycles. The summed E-state index contributed by atoms with van der Waals surface area (Å²) in [4.78, 5) is 39.1. The lowest BCUT2D eigenvalue weighted by Crippen LogP contribution is -2.43. The van der Waals surface area contributed by atoms with Crippen molar-refractivity contribution in [2.24, 2.45) is 5.92 Å². The number of nitrogens with one attached hydrogen (secondary N) is 1. The van der Waals surface area contributed by atoms with Gasteiger partial charge in [0.05, 0.1) is 0 Å². The predicted octanol–water partition coefficient (Wildman–Crippen LogP) is 0.562. The van der Waals surface area contributed by atoms with Crippen molar-refractivity contribution in [2.45, 2.75) is 51.5 Å². The summed E-state index contributed by atoms with van der Waals surface area (Å²) in [7, 11) is 0. The second-order valence-electron chi connectivity index (χ2n) is 6.70. The molecule has 0 radical (unpaired) electrons. The van der Waals surface area contributed by atoms with Crippen LogP contribution in [-0.4, -0.2) is 81.4 Å². The second-order valence-corrected chi connectivity index (χ2v) is 6.70. The summed E-state index contributed by atoms with van der Waals surface area (Å²) in [6.45, 7) is 7.60. The molecule has 2 heterocycles. The number of carboxylic acids is 4. The summed E-state index contributed by atoms with van der Waals surface area (Å²) >= 11 is 0. The smallest absolute Gasteiger partial charge is 0.414 e. The molecule has 5 N–H and O–H groups in total. The van der Waals surface area contributed by atoms with Crippen molar-refractivity contribution in [2.75, 3.05) is 26.2 Å². The van der Waals surface area contributed by atoms with Gasteiger partial charge in [0.1, 0.15) is 0 Å². The van der Waals surface area contributed by atoms with Gasteiger partial charge in [-0.25, -0.2) is 19.2 Å². The molecule has 2 fully saturated rings. The van der Waals surface area contributed by atoms with Gasteiger partial charge in [0, 0.05) is 12.6 Å². The average molecular weight is 390 g/mol.